The van der Waals surface area contributed by atoms with Gasteiger partial charge in [0.25, 0.3) is 0 Å². The lowest BCUT2D eigenvalue weighted by atomic mass is 9.95. The Balaban J connectivity index is 2.40. The number of halogens is 1. The van der Waals surface area contributed by atoms with E-state index in [1.165, 1.54) is 13.0 Å². The molecule has 1 atom stereocenters. The van der Waals surface area contributed by atoms with Crippen LogP contribution in [0.5, 0.6) is 0 Å². The van der Waals surface area contributed by atoms with Gasteiger partial charge in [0.05, 0.1) is 0 Å². The molecule has 0 spiro atoms. The van der Waals surface area contributed by atoms with Crippen molar-refractivity contribution >= 4 is 5.78 Å². The van der Waals surface area contributed by atoms with Crippen LogP contribution in [0.15, 0.2) is 48.5 Å². The van der Waals surface area contributed by atoms with Crippen LogP contribution in [0.25, 0.3) is 11.1 Å². The number of carbonyl (C=O) groups excluding carboxylic acids is 1. The number of carbonyl (C=O) groups is 1. The van der Waals surface area contributed by atoms with Crippen molar-refractivity contribution < 1.29 is 9.18 Å². The Kier molecular flexibility index (Phi) is 3.56. The summed E-state index contributed by atoms with van der Waals surface area (Å²) in [5.41, 5.74) is 2.13. The number of ketones is 1. The van der Waals surface area contributed by atoms with E-state index in [1.807, 2.05) is 36.4 Å². The maximum Gasteiger partial charge on any atom is 0.136 e. The largest absolute Gasteiger partial charge is 0.299 e. The Labute approximate surface area is 106 Å². The van der Waals surface area contributed by atoms with E-state index in [0.29, 0.717) is 5.56 Å². The monoisotopic (exact) mass is 242 g/mol. The molecule has 0 aromatic heterocycles. The first kappa shape index (κ1) is 12.5. The van der Waals surface area contributed by atoms with Crippen LogP contribution in [0, 0.1) is 5.82 Å². The van der Waals surface area contributed by atoms with E-state index < -0.39 is 0 Å². The molecule has 1 nitrogen and oxygen atoms in total. The van der Waals surface area contributed by atoms with Gasteiger partial charge >= 0.3 is 0 Å². The van der Waals surface area contributed by atoms with Crippen LogP contribution < -0.4 is 0 Å². The number of hydrogen-bond donors (Lipinski definition) is 0. The first-order chi connectivity index (χ1) is 8.59. The number of Topliss-reactive ketones (excluding diaryl/α,β-unsaturated/α-hetero) is 1. The van der Waals surface area contributed by atoms with E-state index in [1.54, 1.807) is 13.0 Å². The molecule has 0 saturated heterocycles. The summed E-state index contributed by atoms with van der Waals surface area (Å²) in [6.45, 7) is 3.31. The van der Waals surface area contributed by atoms with Gasteiger partial charge in [-0.2, -0.15) is 0 Å². The Morgan fingerprint density at radius 1 is 1.11 bits per heavy atom. The minimum absolute atomic E-state index is 0.0434. The molecule has 0 bridgehead atoms. The second-order valence-electron chi connectivity index (χ2n) is 4.44. The molecule has 0 fully saturated rings. The van der Waals surface area contributed by atoms with Gasteiger partial charge in [0.1, 0.15) is 11.6 Å². The third kappa shape index (κ3) is 2.48. The van der Waals surface area contributed by atoms with Gasteiger partial charge in [0, 0.05) is 11.5 Å². The van der Waals surface area contributed by atoms with Crippen molar-refractivity contribution in [1.82, 2.24) is 0 Å². The molecule has 0 aliphatic rings. The van der Waals surface area contributed by atoms with Gasteiger partial charge in [-0.15, -0.1) is 0 Å². The summed E-state index contributed by atoms with van der Waals surface area (Å²) < 4.78 is 14.0. The van der Waals surface area contributed by atoms with Gasteiger partial charge in [-0.1, -0.05) is 49.4 Å². The van der Waals surface area contributed by atoms with Gasteiger partial charge in [-0.3, -0.25) is 4.79 Å². The summed E-state index contributed by atoms with van der Waals surface area (Å²) in [4.78, 5) is 11.3. The Bertz CT molecular complexity index is 561. The summed E-state index contributed by atoms with van der Waals surface area (Å²) in [5, 5.41) is 0. The summed E-state index contributed by atoms with van der Waals surface area (Å²) in [5.74, 6) is -0.502. The highest BCUT2D eigenvalue weighted by atomic mass is 19.1. The number of benzene rings is 2. The maximum absolute atomic E-state index is 14.0. The van der Waals surface area contributed by atoms with Crippen LogP contribution >= 0.6 is 0 Å². The highest BCUT2D eigenvalue weighted by molar-refractivity contribution is 5.83. The maximum atomic E-state index is 14.0. The minimum Gasteiger partial charge on any atom is -0.299 e. The summed E-state index contributed by atoms with van der Waals surface area (Å²) in [7, 11) is 0. The SMILES string of the molecule is CC(=O)C(C)c1ccc(-c2ccccc2)c(F)c1. The highest BCUT2D eigenvalue weighted by Gasteiger charge is 2.13. The van der Waals surface area contributed by atoms with Gasteiger partial charge in [-0.05, 0) is 24.1 Å². The smallest absolute Gasteiger partial charge is 0.136 e. The molecule has 0 saturated carbocycles. The Morgan fingerprint density at radius 2 is 1.78 bits per heavy atom. The van der Waals surface area contributed by atoms with Gasteiger partial charge in [0.2, 0.25) is 0 Å². The average Bonchev–Trinajstić information content (AvgIpc) is 2.38. The third-order valence-corrected chi connectivity index (χ3v) is 3.19. The molecule has 0 aliphatic carbocycles. The quantitative estimate of drug-likeness (QED) is 0.788. The van der Waals surface area contributed by atoms with Crippen molar-refractivity contribution in [1.29, 1.82) is 0 Å². The summed E-state index contributed by atoms with van der Waals surface area (Å²) in [6.07, 6.45) is 0. The van der Waals surface area contributed by atoms with Crippen molar-refractivity contribution in [2.45, 2.75) is 19.8 Å². The zero-order chi connectivity index (χ0) is 13.1. The predicted octanol–water partition coefficient (Wildman–Crippen LogP) is 4.19. The average molecular weight is 242 g/mol. The summed E-state index contributed by atoms with van der Waals surface area (Å²) in [6, 6.07) is 14.4. The van der Waals surface area contributed by atoms with E-state index >= 15 is 0 Å². The Morgan fingerprint density at radius 3 is 2.33 bits per heavy atom. The molecule has 2 heteroatoms. The predicted molar refractivity (Wildman–Crippen MR) is 70.9 cm³/mol. The van der Waals surface area contributed by atoms with E-state index in [2.05, 4.69) is 0 Å². The first-order valence-electron chi connectivity index (χ1n) is 5.95. The third-order valence-electron chi connectivity index (χ3n) is 3.19. The van der Waals surface area contributed by atoms with E-state index in [9.17, 15) is 9.18 Å². The zero-order valence-electron chi connectivity index (χ0n) is 10.5. The molecule has 2 aromatic carbocycles. The topological polar surface area (TPSA) is 17.1 Å². The molecule has 2 aromatic rings. The number of hydrogen-bond acceptors (Lipinski definition) is 1. The fourth-order valence-corrected chi connectivity index (χ4v) is 1.89. The van der Waals surface area contributed by atoms with Crippen LogP contribution in [0.4, 0.5) is 4.39 Å². The van der Waals surface area contributed by atoms with Crippen LogP contribution in [0.2, 0.25) is 0 Å². The van der Waals surface area contributed by atoms with E-state index in [4.69, 9.17) is 0 Å². The van der Waals surface area contributed by atoms with Crippen molar-refractivity contribution in [3.8, 4) is 11.1 Å². The fraction of sp³-hybridized carbons (Fsp3) is 0.188. The lowest BCUT2D eigenvalue weighted by molar-refractivity contribution is -0.118. The lowest BCUT2D eigenvalue weighted by Gasteiger charge is -2.10. The van der Waals surface area contributed by atoms with Gasteiger partial charge in [0.15, 0.2) is 0 Å². The standard InChI is InChI=1S/C16H15FO/c1-11(12(2)18)14-8-9-15(16(17)10-14)13-6-4-3-5-7-13/h3-11H,1-2H3. The summed E-state index contributed by atoms with van der Waals surface area (Å²) >= 11 is 0. The zero-order valence-corrected chi connectivity index (χ0v) is 10.5. The van der Waals surface area contributed by atoms with Crippen molar-refractivity contribution in [3.05, 3.63) is 59.9 Å². The molecule has 0 N–H and O–H groups in total. The minimum atomic E-state index is -0.285. The molecular formula is C16H15FO. The van der Waals surface area contributed by atoms with Crippen LogP contribution in [-0.4, -0.2) is 5.78 Å². The fourth-order valence-electron chi connectivity index (χ4n) is 1.89. The van der Waals surface area contributed by atoms with Crippen molar-refractivity contribution in [2.75, 3.05) is 0 Å². The normalized spacial score (nSPS) is 12.2. The molecule has 0 amide bonds. The second-order valence-corrected chi connectivity index (χ2v) is 4.44. The Hall–Kier alpha value is -1.96. The molecule has 1 unspecified atom stereocenters. The van der Waals surface area contributed by atoms with Crippen LogP contribution in [-0.2, 0) is 4.79 Å². The second kappa shape index (κ2) is 5.13. The molecule has 0 heterocycles. The molecule has 2 rings (SSSR count). The molecule has 0 radical (unpaired) electrons. The molecule has 92 valence electrons. The highest BCUT2D eigenvalue weighted by Crippen LogP contribution is 2.26. The van der Waals surface area contributed by atoms with Crippen LogP contribution in [0.1, 0.15) is 25.3 Å². The van der Waals surface area contributed by atoms with Crippen molar-refractivity contribution in [3.63, 3.8) is 0 Å². The number of rotatable bonds is 3. The first-order valence-corrected chi connectivity index (χ1v) is 5.95. The molecule has 18 heavy (non-hydrogen) atoms. The van der Waals surface area contributed by atoms with E-state index in [0.717, 1.165) is 11.1 Å². The van der Waals surface area contributed by atoms with Gasteiger partial charge < -0.3 is 0 Å². The molecule has 0 aliphatic heterocycles. The lowest BCUT2D eigenvalue weighted by Crippen LogP contribution is -2.04. The van der Waals surface area contributed by atoms with Crippen molar-refractivity contribution in [2.24, 2.45) is 0 Å². The molecular weight excluding hydrogens is 227 g/mol. The van der Waals surface area contributed by atoms with E-state index in [-0.39, 0.29) is 17.5 Å². The van der Waals surface area contributed by atoms with Crippen LogP contribution in [0.3, 0.4) is 0 Å². The van der Waals surface area contributed by atoms with Gasteiger partial charge in [-0.25, -0.2) is 4.39 Å².